The van der Waals surface area contributed by atoms with Crippen LogP contribution in [0.5, 0.6) is 5.75 Å². The first kappa shape index (κ1) is 16.3. The lowest BCUT2D eigenvalue weighted by Gasteiger charge is -2.25. The van der Waals surface area contributed by atoms with Crippen LogP contribution in [0.3, 0.4) is 0 Å². The smallest absolute Gasteiger partial charge is 0.315 e. The Hall–Kier alpha value is -1.75. The molecule has 112 valence electrons. The second kappa shape index (κ2) is 6.61. The van der Waals surface area contributed by atoms with Crippen molar-refractivity contribution in [3.63, 3.8) is 0 Å². The van der Waals surface area contributed by atoms with E-state index in [1.165, 1.54) is 0 Å². The molecule has 1 rings (SSSR count). The number of rotatable bonds is 4. The van der Waals surface area contributed by atoms with E-state index in [4.69, 9.17) is 4.74 Å². The van der Waals surface area contributed by atoms with Crippen LogP contribution in [0, 0.1) is 0 Å². The number of nitrogens with one attached hydrogen (secondary N) is 2. The van der Waals surface area contributed by atoms with E-state index in [1.54, 1.807) is 38.3 Å². The van der Waals surface area contributed by atoms with Crippen molar-refractivity contribution in [3.05, 3.63) is 29.8 Å². The van der Waals surface area contributed by atoms with Crippen LogP contribution in [0.1, 0.15) is 39.4 Å². The molecule has 1 aromatic carbocycles. The largest absolute Gasteiger partial charge is 0.497 e. The molecule has 2 amide bonds. The molecule has 0 aromatic heterocycles. The van der Waals surface area contributed by atoms with Crippen LogP contribution < -0.4 is 15.4 Å². The van der Waals surface area contributed by atoms with Gasteiger partial charge in [0.1, 0.15) is 5.75 Å². The van der Waals surface area contributed by atoms with E-state index < -0.39 is 12.1 Å². The van der Waals surface area contributed by atoms with Crippen LogP contribution >= 0.6 is 0 Å². The van der Waals surface area contributed by atoms with E-state index in [0.717, 1.165) is 11.3 Å². The summed E-state index contributed by atoms with van der Waals surface area (Å²) in [5.74, 6) is 0.729. The molecule has 0 heterocycles. The van der Waals surface area contributed by atoms with Gasteiger partial charge in [0, 0.05) is 5.54 Å². The summed E-state index contributed by atoms with van der Waals surface area (Å²) in [4.78, 5) is 11.8. The number of hydrogen-bond acceptors (Lipinski definition) is 3. The van der Waals surface area contributed by atoms with Crippen molar-refractivity contribution in [1.29, 1.82) is 0 Å². The minimum atomic E-state index is -0.772. The van der Waals surface area contributed by atoms with Gasteiger partial charge in [-0.05, 0) is 45.4 Å². The lowest BCUT2D eigenvalue weighted by atomic mass is 10.0. The van der Waals surface area contributed by atoms with Crippen molar-refractivity contribution in [2.45, 2.75) is 45.4 Å². The fourth-order valence-electron chi connectivity index (χ4n) is 1.75. The first-order valence-electron chi connectivity index (χ1n) is 6.63. The van der Waals surface area contributed by atoms with Gasteiger partial charge in [-0.2, -0.15) is 0 Å². The zero-order chi connectivity index (χ0) is 15.3. The predicted octanol–water partition coefficient (Wildman–Crippen LogP) is 2.21. The minimum absolute atomic E-state index is 0.294. The maximum atomic E-state index is 11.8. The van der Waals surface area contributed by atoms with Crippen LogP contribution in [-0.2, 0) is 0 Å². The molecule has 2 unspecified atom stereocenters. The Morgan fingerprint density at radius 2 is 1.80 bits per heavy atom. The highest BCUT2D eigenvalue weighted by Gasteiger charge is 2.20. The number of hydrogen-bond donors (Lipinski definition) is 3. The van der Waals surface area contributed by atoms with Crippen molar-refractivity contribution < 1.29 is 14.6 Å². The Morgan fingerprint density at radius 3 is 2.25 bits per heavy atom. The molecule has 5 heteroatoms. The van der Waals surface area contributed by atoms with E-state index in [-0.39, 0.29) is 11.6 Å². The van der Waals surface area contributed by atoms with Crippen LogP contribution in [-0.4, -0.2) is 29.8 Å². The topological polar surface area (TPSA) is 70.6 Å². The highest BCUT2D eigenvalue weighted by Crippen LogP contribution is 2.20. The minimum Gasteiger partial charge on any atom is -0.497 e. The average molecular weight is 280 g/mol. The molecule has 0 aliphatic carbocycles. The standard InChI is InChI=1S/C15H24N2O3/c1-10(16-14(19)17-15(2,3)4)13(18)11-6-8-12(20-5)9-7-11/h6-10,13,18H,1-5H3,(H2,16,17,19). The highest BCUT2D eigenvalue weighted by atomic mass is 16.5. The van der Waals surface area contributed by atoms with Gasteiger partial charge in [-0.15, -0.1) is 0 Å². The third kappa shape index (κ3) is 5.09. The summed E-state index contributed by atoms with van der Waals surface area (Å²) in [5, 5.41) is 15.7. The Balaban J connectivity index is 2.61. The van der Waals surface area contributed by atoms with E-state index in [1.807, 2.05) is 20.8 Å². The van der Waals surface area contributed by atoms with Crippen molar-refractivity contribution in [3.8, 4) is 5.75 Å². The van der Waals surface area contributed by atoms with Gasteiger partial charge in [-0.3, -0.25) is 0 Å². The van der Waals surface area contributed by atoms with Crippen molar-refractivity contribution in [2.24, 2.45) is 0 Å². The van der Waals surface area contributed by atoms with E-state index in [0.29, 0.717) is 0 Å². The van der Waals surface area contributed by atoms with Gasteiger partial charge in [0.15, 0.2) is 0 Å². The van der Waals surface area contributed by atoms with Gasteiger partial charge in [0.2, 0.25) is 0 Å². The number of aliphatic hydroxyl groups excluding tert-OH is 1. The third-order valence-corrected chi connectivity index (χ3v) is 2.78. The molecule has 1 aromatic rings. The quantitative estimate of drug-likeness (QED) is 0.792. The first-order chi connectivity index (χ1) is 9.23. The summed E-state index contributed by atoms with van der Waals surface area (Å²) >= 11 is 0. The molecule has 3 N–H and O–H groups in total. The fourth-order valence-corrected chi connectivity index (χ4v) is 1.75. The fraction of sp³-hybridized carbons (Fsp3) is 0.533. The molecule has 0 saturated heterocycles. The first-order valence-corrected chi connectivity index (χ1v) is 6.63. The molecule has 0 aliphatic heterocycles. The Labute approximate surface area is 120 Å². The van der Waals surface area contributed by atoms with Crippen LogP contribution in [0.25, 0.3) is 0 Å². The van der Waals surface area contributed by atoms with E-state index >= 15 is 0 Å². The number of amides is 2. The number of urea groups is 1. The van der Waals surface area contributed by atoms with Gasteiger partial charge < -0.3 is 20.5 Å². The summed E-state index contributed by atoms with van der Waals surface area (Å²) < 4.78 is 5.07. The monoisotopic (exact) mass is 280 g/mol. The molecule has 20 heavy (non-hydrogen) atoms. The zero-order valence-electron chi connectivity index (χ0n) is 12.7. The number of ether oxygens (including phenoxy) is 1. The molecule has 0 fully saturated rings. The van der Waals surface area contributed by atoms with Crippen molar-refractivity contribution in [2.75, 3.05) is 7.11 Å². The van der Waals surface area contributed by atoms with Gasteiger partial charge in [0.25, 0.3) is 0 Å². The highest BCUT2D eigenvalue weighted by molar-refractivity contribution is 5.75. The van der Waals surface area contributed by atoms with E-state index in [2.05, 4.69) is 10.6 Å². The molecule has 0 radical (unpaired) electrons. The van der Waals surface area contributed by atoms with Crippen molar-refractivity contribution in [1.82, 2.24) is 10.6 Å². The number of benzene rings is 1. The Morgan fingerprint density at radius 1 is 1.25 bits per heavy atom. The van der Waals surface area contributed by atoms with Gasteiger partial charge in [-0.1, -0.05) is 12.1 Å². The van der Waals surface area contributed by atoms with Gasteiger partial charge >= 0.3 is 6.03 Å². The maximum Gasteiger partial charge on any atom is 0.315 e. The predicted molar refractivity (Wildman–Crippen MR) is 78.8 cm³/mol. The maximum absolute atomic E-state index is 11.8. The lowest BCUT2D eigenvalue weighted by molar-refractivity contribution is 0.136. The number of methoxy groups -OCH3 is 1. The molecule has 0 spiro atoms. The molecule has 0 saturated carbocycles. The second-order valence-electron chi connectivity index (χ2n) is 5.86. The van der Waals surface area contributed by atoms with Crippen LogP contribution in [0.15, 0.2) is 24.3 Å². The normalized spacial score (nSPS) is 14.3. The average Bonchev–Trinajstić information content (AvgIpc) is 2.35. The molecule has 2 atom stereocenters. The number of carbonyl (C=O) groups excluding carboxylic acids is 1. The van der Waals surface area contributed by atoms with E-state index in [9.17, 15) is 9.90 Å². The number of carbonyl (C=O) groups is 1. The Kier molecular flexibility index (Phi) is 5.39. The van der Waals surface area contributed by atoms with Gasteiger partial charge in [0.05, 0.1) is 19.3 Å². The zero-order valence-corrected chi connectivity index (χ0v) is 12.7. The van der Waals surface area contributed by atoms with Crippen LogP contribution in [0.4, 0.5) is 4.79 Å². The summed E-state index contributed by atoms with van der Waals surface area (Å²) in [6, 6.07) is 6.43. The second-order valence-corrected chi connectivity index (χ2v) is 5.86. The SMILES string of the molecule is COc1ccc(C(O)C(C)NC(=O)NC(C)(C)C)cc1. The van der Waals surface area contributed by atoms with Crippen LogP contribution in [0.2, 0.25) is 0 Å². The third-order valence-electron chi connectivity index (χ3n) is 2.78. The summed E-state index contributed by atoms with van der Waals surface area (Å²) in [7, 11) is 1.59. The number of aliphatic hydroxyl groups is 1. The summed E-state index contributed by atoms with van der Waals surface area (Å²) in [6.07, 6.45) is -0.772. The molecule has 5 nitrogen and oxygen atoms in total. The lowest BCUT2D eigenvalue weighted by Crippen LogP contribution is -2.50. The van der Waals surface area contributed by atoms with Gasteiger partial charge in [-0.25, -0.2) is 4.79 Å². The molecular weight excluding hydrogens is 256 g/mol. The van der Waals surface area contributed by atoms with Crippen molar-refractivity contribution >= 4 is 6.03 Å². The molecule has 0 aliphatic rings. The summed E-state index contributed by atoms with van der Waals surface area (Å²) in [6.45, 7) is 7.46. The summed E-state index contributed by atoms with van der Waals surface area (Å²) in [5.41, 5.74) is 0.420. The molecule has 0 bridgehead atoms. The Bertz CT molecular complexity index is 437. The molecular formula is C15H24N2O3.